The molecule has 0 spiro atoms. The molecular formula is C17H21N. The molecule has 94 valence electrons. The van der Waals surface area contributed by atoms with Crippen LogP contribution in [0.1, 0.15) is 37.3 Å². The van der Waals surface area contributed by atoms with E-state index in [1.165, 1.54) is 41.5 Å². The van der Waals surface area contributed by atoms with Crippen molar-refractivity contribution in [3.05, 3.63) is 53.9 Å². The van der Waals surface area contributed by atoms with Crippen LogP contribution in [0, 0.1) is 6.92 Å². The van der Waals surface area contributed by atoms with Crippen LogP contribution < -0.4 is 0 Å². The zero-order valence-electron chi connectivity index (χ0n) is 11.3. The fourth-order valence-electron chi connectivity index (χ4n) is 2.39. The maximum atomic E-state index is 4.35. The summed E-state index contributed by atoms with van der Waals surface area (Å²) in [7, 11) is 0. The van der Waals surface area contributed by atoms with E-state index in [0.29, 0.717) is 0 Å². The molecule has 0 amide bonds. The van der Waals surface area contributed by atoms with Crippen molar-refractivity contribution in [3.63, 3.8) is 0 Å². The first-order chi connectivity index (χ1) is 8.83. The van der Waals surface area contributed by atoms with Gasteiger partial charge in [-0.05, 0) is 42.0 Å². The van der Waals surface area contributed by atoms with Crippen LogP contribution in [0.4, 0.5) is 0 Å². The van der Waals surface area contributed by atoms with E-state index >= 15 is 0 Å². The number of hydrogen-bond acceptors (Lipinski definition) is 1. The zero-order chi connectivity index (χ0) is 12.8. The molecule has 1 aromatic heterocycles. The topological polar surface area (TPSA) is 12.9 Å². The molecule has 0 bridgehead atoms. The number of aryl methyl sites for hydroxylation is 2. The number of aromatic nitrogens is 1. The Kier molecular flexibility index (Phi) is 4.52. The van der Waals surface area contributed by atoms with Crippen LogP contribution >= 0.6 is 0 Å². The summed E-state index contributed by atoms with van der Waals surface area (Å²) < 4.78 is 0. The monoisotopic (exact) mass is 239 g/mol. The van der Waals surface area contributed by atoms with Gasteiger partial charge in [-0.2, -0.15) is 0 Å². The summed E-state index contributed by atoms with van der Waals surface area (Å²) in [4.78, 5) is 4.35. The number of hydrogen-bond donors (Lipinski definition) is 0. The Morgan fingerprint density at radius 3 is 2.50 bits per heavy atom. The van der Waals surface area contributed by atoms with Gasteiger partial charge in [-0.25, -0.2) is 0 Å². The number of pyridine rings is 1. The van der Waals surface area contributed by atoms with E-state index in [2.05, 4.69) is 49.2 Å². The van der Waals surface area contributed by atoms with Gasteiger partial charge in [-0.15, -0.1) is 0 Å². The summed E-state index contributed by atoms with van der Waals surface area (Å²) in [5.74, 6) is 0. The molecule has 0 saturated heterocycles. The molecular weight excluding hydrogens is 218 g/mol. The lowest BCUT2D eigenvalue weighted by Crippen LogP contribution is -1.95. The molecule has 0 aliphatic rings. The summed E-state index contributed by atoms with van der Waals surface area (Å²) in [5.41, 5.74) is 5.34. The molecule has 1 aromatic carbocycles. The Bertz CT molecular complexity index is 488. The zero-order valence-corrected chi connectivity index (χ0v) is 11.3. The molecule has 2 aromatic rings. The van der Waals surface area contributed by atoms with Gasteiger partial charge in [0.2, 0.25) is 0 Å². The lowest BCUT2D eigenvalue weighted by atomic mass is 9.94. The van der Waals surface area contributed by atoms with Gasteiger partial charge in [0.1, 0.15) is 0 Å². The number of nitrogens with zero attached hydrogens (tertiary/aromatic N) is 1. The minimum atomic E-state index is 1.13. The average Bonchev–Trinajstić information content (AvgIpc) is 2.40. The number of benzene rings is 1. The second-order valence-corrected chi connectivity index (χ2v) is 4.81. The van der Waals surface area contributed by atoms with Crippen molar-refractivity contribution in [1.82, 2.24) is 4.98 Å². The fraction of sp³-hybridized carbons (Fsp3) is 0.353. The SMILES string of the molecule is CCCCCc1cncc(C)c1-c1ccccc1. The minimum absolute atomic E-state index is 1.13. The molecule has 1 heterocycles. The van der Waals surface area contributed by atoms with Gasteiger partial charge in [-0.3, -0.25) is 4.98 Å². The molecule has 18 heavy (non-hydrogen) atoms. The van der Waals surface area contributed by atoms with Gasteiger partial charge in [-0.1, -0.05) is 50.1 Å². The summed E-state index contributed by atoms with van der Waals surface area (Å²) in [6.45, 7) is 4.39. The van der Waals surface area contributed by atoms with Crippen LogP contribution in [0.3, 0.4) is 0 Å². The Hall–Kier alpha value is -1.63. The van der Waals surface area contributed by atoms with Crippen molar-refractivity contribution in [2.75, 3.05) is 0 Å². The third kappa shape index (κ3) is 2.98. The highest BCUT2D eigenvalue weighted by Gasteiger charge is 2.08. The Balaban J connectivity index is 2.33. The molecule has 0 N–H and O–H groups in total. The van der Waals surface area contributed by atoms with Gasteiger partial charge in [0.15, 0.2) is 0 Å². The van der Waals surface area contributed by atoms with Crippen LogP contribution in [-0.4, -0.2) is 4.98 Å². The van der Waals surface area contributed by atoms with E-state index in [-0.39, 0.29) is 0 Å². The van der Waals surface area contributed by atoms with Crippen LogP contribution in [0.25, 0.3) is 11.1 Å². The number of unbranched alkanes of at least 4 members (excludes halogenated alkanes) is 2. The quantitative estimate of drug-likeness (QED) is 0.684. The molecule has 0 fully saturated rings. The molecule has 1 heteroatoms. The maximum Gasteiger partial charge on any atom is 0.0306 e. The first kappa shape index (κ1) is 12.8. The van der Waals surface area contributed by atoms with E-state index in [1.807, 2.05) is 12.4 Å². The lowest BCUT2D eigenvalue weighted by Gasteiger charge is -2.12. The van der Waals surface area contributed by atoms with Crippen LogP contribution in [0.2, 0.25) is 0 Å². The maximum absolute atomic E-state index is 4.35. The highest BCUT2D eigenvalue weighted by atomic mass is 14.6. The van der Waals surface area contributed by atoms with Crippen molar-refractivity contribution in [3.8, 4) is 11.1 Å². The molecule has 0 atom stereocenters. The standard InChI is InChI=1S/C17H21N/c1-3-4-6-11-16-13-18-12-14(2)17(16)15-9-7-5-8-10-15/h5,7-10,12-13H,3-4,6,11H2,1-2H3. The van der Waals surface area contributed by atoms with Crippen molar-refractivity contribution < 1.29 is 0 Å². The highest BCUT2D eigenvalue weighted by Crippen LogP contribution is 2.27. The minimum Gasteiger partial charge on any atom is -0.264 e. The lowest BCUT2D eigenvalue weighted by molar-refractivity contribution is 0.716. The van der Waals surface area contributed by atoms with Crippen LogP contribution in [0.15, 0.2) is 42.7 Å². The highest BCUT2D eigenvalue weighted by molar-refractivity contribution is 5.70. The van der Waals surface area contributed by atoms with Gasteiger partial charge >= 0.3 is 0 Å². The Morgan fingerprint density at radius 2 is 1.78 bits per heavy atom. The molecule has 1 nitrogen and oxygen atoms in total. The third-order valence-corrected chi connectivity index (χ3v) is 3.33. The normalized spacial score (nSPS) is 10.6. The molecule has 2 rings (SSSR count). The fourth-order valence-corrected chi connectivity index (χ4v) is 2.39. The molecule has 0 saturated carbocycles. The second-order valence-electron chi connectivity index (χ2n) is 4.81. The van der Waals surface area contributed by atoms with Crippen molar-refractivity contribution in [2.24, 2.45) is 0 Å². The van der Waals surface area contributed by atoms with Gasteiger partial charge < -0.3 is 0 Å². The largest absolute Gasteiger partial charge is 0.264 e. The number of rotatable bonds is 5. The summed E-state index contributed by atoms with van der Waals surface area (Å²) in [5, 5.41) is 0. The molecule has 0 radical (unpaired) electrons. The third-order valence-electron chi connectivity index (χ3n) is 3.33. The van der Waals surface area contributed by atoms with Gasteiger partial charge in [0.25, 0.3) is 0 Å². The van der Waals surface area contributed by atoms with E-state index < -0.39 is 0 Å². The predicted molar refractivity (Wildman–Crippen MR) is 77.6 cm³/mol. The van der Waals surface area contributed by atoms with Crippen molar-refractivity contribution in [2.45, 2.75) is 39.5 Å². The Morgan fingerprint density at radius 1 is 1.00 bits per heavy atom. The Labute approximate surface area is 110 Å². The average molecular weight is 239 g/mol. The summed E-state index contributed by atoms with van der Waals surface area (Å²) in [6.07, 6.45) is 8.94. The van der Waals surface area contributed by atoms with Crippen molar-refractivity contribution in [1.29, 1.82) is 0 Å². The summed E-state index contributed by atoms with van der Waals surface area (Å²) >= 11 is 0. The first-order valence-electron chi connectivity index (χ1n) is 6.82. The van der Waals surface area contributed by atoms with Gasteiger partial charge in [0.05, 0.1) is 0 Å². The molecule has 0 aliphatic carbocycles. The second kappa shape index (κ2) is 6.34. The predicted octanol–water partition coefficient (Wildman–Crippen LogP) is 4.79. The molecule has 0 aliphatic heterocycles. The van der Waals surface area contributed by atoms with E-state index in [9.17, 15) is 0 Å². The van der Waals surface area contributed by atoms with E-state index in [1.54, 1.807) is 0 Å². The smallest absolute Gasteiger partial charge is 0.0306 e. The van der Waals surface area contributed by atoms with Gasteiger partial charge in [0, 0.05) is 12.4 Å². The van der Waals surface area contributed by atoms with Crippen molar-refractivity contribution >= 4 is 0 Å². The first-order valence-corrected chi connectivity index (χ1v) is 6.82. The van der Waals surface area contributed by atoms with E-state index in [0.717, 1.165) is 6.42 Å². The molecule has 0 unspecified atom stereocenters. The summed E-state index contributed by atoms with van der Waals surface area (Å²) in [6, 6.07) is 10.6. The van der Waals surface area contributed by atoms with Crippen LogP contribution in [-0.2, 0) is 6.42 Å². The van der Waals surface area contributed by atoms with Crippen LogP contribution in [0.5, 0.6) is 0 Å². The van der Waals surface area contributed by atoms with E-state index in [4.69, 9.17) is 0 Å².